The average molecular weight is 285 g/mol. The lowest BCUT2D eigenvalue weighted by Crippen LogP contribution is -2.42. The fourth-order valence-electron chi connectivity index (χ4n) is 3.68. The lowest BCUT2D eigenvalue weighted by Gasteiger charge is -2.42. The summed E-state index contributed by atoms with van der Waals surface area (Å²) in [4.78, 5) is 0. The first-order valence-corrected chi connectivity index (χ1v) is 7.82. The molecule has 1 aromatic carbocycles. The highest BCUT2D eigenvalue weighted by Gasteiger charge is 2.44. The highest BCUT2D eigenvalue weighted by Crippen LogP contribution is 2.45. The summed E-state index contributed by atoms with van der Waals surface area (Å²) in [6, 6.07) is 9.92. The monoisotopic (exact) mass is 285 g/mol. The Balaban J connectivity index is 2.05. The minimum atomic E-state index is -0.828. The number of aromatic nitrogens is 3. The summed E-state index contributed by atoms with van der Waals surface area (Å²) in [6.45, 7) is 4.38. The zero-order valence-electron chi connectivity index (χ0n) is 12.7. The number of hydrogen-bond acceptors (Lipinski definition) is 3. The summed E-state index contributed by atoms with van der Waals surface area (Å²) in [7, 11) is 0. The number of nitrogens with zero attached hydrogens (tertiary/aromatic N) is 3. The molecule has 4 heteroatoms. The molecule has 0 spiro atoms. The molecule has 21 heavy (non-hydrogen) atoms. The van der Waals surface area contributed by atoms with Crippen molar-refractivity contribution in [1.29, 1.82) is 0 Å². The van der Waals surface area contributed by atoms with Crippen molar-refractivity contribution >= 4 is 0 Å². The lowest BCUT2D eigenvalue weighted by molar-refractivity contribution is -0.0770. The Labute approximate surface area is 125 Å². The molecule has 1 heterocycles. The van der Waals surface area contributed by atoms with E-state index in [1.165, 1.54) is 6.42 Å². The molecule has 2 aromatic rings. The zero-order valence-corrected chi connectivity index (χ0v) is 12.7. The van der Waals surface area contributed by atoms with Crippen LogP contribution in [-0.4, -0.2) is 20.1 Å². The van der Waals surface area contributed by atoms with Crippen molar-refractivity contribution < 1.29 is 5.11 Å². The van der Waals surface area contributed by atoms with Gasteiger partial charge in [-0.3, -0.25) is 0 Å². The summed E-state index contributed by atoms with van der Waals surface area (Å²) in [5, 5.41) is 19.7. The predicted octanol–water partition coefficient (Wildman–Crippen LogP) is 3.30. The van der Waals surface area contributed by atoms with Gasteiger partial charge in [0.2, 0.25) is 0 Å². The molecule has 0 amide bonds. The number of benzene rings is 1. The minimum Gasteiger partial charge on any atom is -0.383 e. The van der Waals surface area contributed by atoms with Gasteiger partial charge in [0.25, 0.3) is 0 Å². The van der Waals surface area contributed by atoms with Crippen molar-refractivity contribution in [2.45, 2.75) is 45.1 Å². The fraction of sp³-hybridized carbons (Fsp3) is 0.529. The van der Waals surface area contributed by atoms with Gasteiger partial charge in [-0.15, -0.1) is 5.10 Å². The van der Waals surface area contributed by atoms with Gasteiger partial charge in [-0.1, -0.05) is 50.1 Å². The van der Waals surface area contributed by atoms with Crippen molar-refractivity contribution in [3.8, 4) is 5.69 Å². The van der Waals surface area contributed by atoms with E-state index >= 15 is 0 Å². The number of rotatable bonds is 3. The van der Waals surface area contributed by atoms with Crippen LogP contribution < -0.4 is 0 Å². The Bertz CT molecular complexity index is 593. The first kappa shape index (κ1) is 14.3. The Kier molecular flexibility index (Phi) is 3.81. The van der Waals surface area contributed by atoms with Crippen molar-refractivity contribution in [2.24, 2.45) is 11.8 Å². The van der Waals surface area contributed by atoms with E-state index in [0.29, 0.717) is 5.92 Å². The predicted molar refractivity (Wildman–Crippen MR) is 82.1 cm³/mol. The van der Waals surface area contributed by atoms with E-state index in [4.69, 9.17) is 0 Å². The Morgan fingerprint density at radius 1 is 1.24 bits per heavy atom. The van der Waals surface area contributed by atoms with Crippen LogP contribution in [0, 0.1) is 11.8 Å². The van der Waals surface area contributed by atoms with Crippen LogP contribution >= 0.6 is 0 Å². The molecule has 0 radical (unpaired) electrons. The first-order valence-electron chi connectivity index (χ1n) is 7.82. The second-order valence-electron chi connectivity index (χ2n) is 6.39. The second-order valence-corrected chi connectivity index (χ2v) is 6.39. The summed E-state index contributed by atoms with van der Waals surface area (Å²) >= 11 is 0. The Morgan fingerprint density at radius 2 is 2.00 bits per heavy atom. The summed E-state index contributed by atoms with van der Waals surface area (Å²) < 4.78 is 1.79. The molecule has 1 aliphatic carbocycles. The van der Waals surface area contributed by atoms with E-state index in [9.17, 15) is 5.11 Å². The molecule has 1 aliphatic rings. The highest BCUT2D eigenvalue weighted by molar-refractivity contribution is 5.33. The van der Waals surface area contributed by atoms with Gasteiger partial charge in [0.05, 0.1) is 17.6 Å². The summed E-state index contributed by atoms with van der Waals surface area (Å²) in [5.41, 5.74) is 0.949. The molecule has 0 bridgehead atoms. The molecule has 112 valence electrons. The summed E-state index contributed by atoms with van der Waals surface area (Å²) in [5.74, 6) is 0.696. The molecule has 1 fully saturated rings. The van der Waals surface area contributed by atoms with Gasteiger partial charge in [-0.05, 0) is 36.8 Å². The van der Waals surface area contributed by atoms with Gasteiger partial charge in [0, 0.05) is 0 Å². The maximum absolute atomic E-state index is 11.4. The van der Waals surface area contributed by atoms with Crippen LogP contribution in [0.4, 0.5) is 0 Å². The smallest absolute Gasteiger partial charge is 0.111 e. The van der Waals surface area contributed by atoms with Crippen LogP contribution in [0.15, 0.2) is 36.5 Å². The quantitative estimate of drug-likeness (QED) is 0.941. The first-order chi connectivity index (χ1) is 10.1. The van der Waals surface area contributed by atoms with Crippen LogP contribution in [0.25, 0.3) is 5.69 Å². The third-order valence-corrected chi connectivity index (χ3v) is 4.73. The van der Waals surface area contributed by atoms with E-state index in [1.807, 2.05) is 30.3 Å². The molecule has 2 atom stereocenters. The van der Waals surface area contributed by atoms with E-state index < -0.39 is 5.60 Å². The third kappa shape index (κ3) is 2.48. The van der Waals surface area contributed by atoms with Crippen molar-refractivity contribution in [2.75, 3.05) is 0 Å². The molecule has 1 N–H and O–H groups in total. The standard InChI is InChI=1S/C17H23N3O/c1-13(2)15-10-6-7-11-17(15,21)16-12-18-19-20(16)14-8-4-3-5-9-14/h3-5,8-9,12-13,15,21H,6-7,10-11H2,1-2H3. The number of hydrogen-bond donors (Lipinski definition) is 1. The molecule has 2 unspecified atom stereocenters. The largest absolute Gasteiger partial charge is 0.383 e. The third-order valence-electron chi connectivity index (χ3n) is 4.73. The number of aliphatic hydroxyl groups is 1. The lowest BCUT2D eigenvalue weighted by atomic mass is 9.69. The SMILES string of the molecule is CC(C)C1CCCCC1(O)c1cnnn1-c1ccccc1. The molecule has 4 nitrogen and oxygen atoms in total. The van der Waals surface area contributed by atoms with Crippen LogP contribution in [0.2, 0.25) is 0 Å². The topological polar surface area (TPSA) is 50.9 Å². The number of para-hydroxylation sites is 1. The van der Waals surface area contributed by atoms with Crippen LogP contribution in [0.3, 0.4) is 0 Å². The highest BCUT2D eigenvalue weighted by atomic mass is 16.3. The molecule has 3 rings (SSSR count). The normalized spacial score (nSPS) is 26.2. The average Bonchev–Trinajstić information content (AvgIpc) is 2.98. The maximum atomic E-state index is 11.4. The van der Waals surface area contributed by atoms with Gasteiger partial charge >= 0.3 is 0 Å². The van der Waals surface area contributed by atoms with Gasteiger partial charge in [-0.2, -0.15) is 0 Å². The van der Waals surface area contributed by atoms with Gasteiger partial charge in [0.15, 0.2) is 0 Å². The maximum Gasteiger partial charge on any atom is 0.111 e. The van der Waals surface area contributed by atoms with Crippen LogP contribution in [-0.2, 0) is 5.60 Å². The van der Waals surface area contributed by atoms with E-state index in [2.05, 4.69) is 24.2 Å². The molecular formula is C17H23N3O. The Hall–Kier alpha value is -1.68. The van der Waals surface area contributed by atoms with Crippen molar-refractivity contribution in [1.82, 2.24) is 15.0 Å². The Morgan fingerprint density at radius 3 is 2.71 bits per heavy atom. The molecule has 0 saturated heterocycles. The fourth-order valence-corrected chi connectivity index (χ4v) is 3.68. The minimum absolute atomic E-state index is 0.257. The zero-order chi connectivity index (χ0) is 14.9. The van der Waals surface area contributed by atoms with Crippen LogP contribution in [0.5, 0.6) is 0 Å². The van der Waals surface area contributed by atoms with Crippen LogP contribution in [0.1, 0.15) is 45.2 Å². The van der Waals surface area contributed by atoms with Gasteiger partial charge < -0.3 is 5.11 Å². The van der Waals surface area contributed by atoms with E-state index in [1.54, 1.807) is 10.9 Å². The van der Waals surface area contributed by atoms with E-state index in [-0.39, 0.29) is 5.92 Å². The van der Waals surface area contributed by atoms with Crippen molar-refractivity contribution in [3.63, 3.8) is 0 Å². The summed E-state index contributed by atoms with van der Waals surface area (Å²) in [6.07, 6.45) is 5.83. The van der Waals surface area contributed by atoms with Crippen molar-refractivity contribution in [3.05, 3.63) is 42.2 Å². The molecular weight excluding hydrogens is 262 g/mol. The molecule has 0 aliphatic heterocycles. The second kappa shape index (κ2) is 5.60. The molecule has 1 saturated carbocycles. The van der Waals surface area contributed by atoms with Gasteiger partial charge in [0.1, 0.15) is 5.60 Å². The molecule has 1 aromatic heterocycles. The van der Waals surface area contributed by atoms with E-state index in [0.717, 1.165) is 30.6 Å². The van der Waals surface area contributed by atoms with Gasteiger partial charge in [-0.25, -0.2) is 4.68 Å².